The molecule has 0 aromatic rings. The predicted molar refractivity (Wildman–Crippen MR) is 111 cm³/mol. The first-order valence-corrected chi connectivity index (χ1v) is 11.8. The Hall–Kier alpha value is -0.710. The fourth-order valence-corrected chi connectivity index (χ4v) is 5.75. The number of rotatable bonds is 6. The molecule has 5 aliphatic rings. The van der Waals surface area contributed by atoms with Crippen molar-refractivity contribution in [1.82, 2.24) is 16.1 Å². The number of carbonyl (C=O) groups excluding carboxylic acids is 2. The number of hydrogen-bond acceptors (Lipinski definition) is 6. The van der Waals surface area contributed by atoms with Crippen LogP contribution in [0.3, 0.4) is 0 Å². The van der Waals surface area contributed by atoms with Crippen molar-refractivity contribution in [3.63, 3.8) is 0 Å². The van der Waals surface area contributed by atoms with E-state index in [1.807, 2.05) is 0 Å². The Labute approximate surface area is 190 Å². The molecule has 11 heteroatoms. The fraction of sp³-hybridized carbons (Fsp3) is 0.900. The standard InChI is InChI=1S/C20H30Cl2FN3O5/c21-12-2-1-11(7-13(12)23)30-10-17(28)24-20-5-3-19(4-6-20,9-15(20)27)25-18(29)14-8-16(22)26-31-14/h11-16,26-27H,1-10H2,(H,24,28)(H,25,29). The van der Waals surface area contributed by atoms with Crippen LogP contribution in [0.5, 0.6) is 0 Å². The lowest BCUT2D eigenvalue weighted by Gasteiger charge is -2.56. The Kier molecular flexibility index (Phi) is 7.01. The van der Waals surface area contributed by atoms with Crippen LogP contribution in [0.4, 0.5) is 4.39 Å². The molecule has 0 aromatic heterocycles. The molecule has 0 radical (unpaired) electrons. The van der Waals surface area contributed by atoms with Gasteiger partial charge in [0, 0.05) is 18.4 Å². The number of aliphatic hydroxyl groups excluding tert-OH is 1. The Morgan fingerprint density at radius 3 is 2.52 bits per heavy atom. The number of hydroxylamine groups is 1. The van der Waals surface area contributed by atoms with E-state index >= 15 is 0 Å². The molecule has 6 atom stereocenters. The zero-order valence-corrected chi connectivity index (χ0v) is 18.8. The van der Waals surface area contributed by atoms with Crippen molar-refractivity contribution in [3.05, 3.63) is 0 Å². The number of carbonyl (C=O) groups is 2. The minimum atomic E-state index is -1.12. The van der Waals surface area contributed by atoms with Gasteiger partial charge in [-0.05, 0) is 44.9 Å². The molecule has 4 N–H and O–H groups in total. The van der Waals surface area contributed by atoms with Gasteiger partial charge in [-0.1, -0.05) is 0 Å². The molecular weight excluding hydrogens is 452 g/mol. The zero-order valence-electron chi connectivity index (χ0n) is 17.2. The van der Waals surface area contributed by atoms with E-state index in [1.54, 1.807) is 0 Å². The van der Waals surface area contributed by atoms with Crippen LogP contribution < -0.4 is 16.1 Å². The summed E-state index contributed by atoms with van der Waals surface area (Å²) in [6.07, 6.45) is 1.58. The van der Waals surface area contributed by atoms with Gasteiger partial charge in [-0.3, -0.25) is 14.4 Å². The van der Waals surface area contributed by atoms with Crippen LogP contribution >= 0.6 is 23.2 Å². The molecule has 4 saturated carbocycles. The largest absolute Gasteiger partial charge is 0.391 e. The molecule has 5 rings (SSSR count). The number of nitrogens with one attached hydrogen (secondary N) is 3. The number of hydrogen-bond donors (Lipinski definition) is 4. The second kappa shape index (κ2) is 9.27. The van der Waals surface area contributed by atoms with Gasteiger partial charge in [0.05, 0.1) is 23.1 Å². The lowest BCUT2D eigenvalue weighted by Crippen LogP contribution is -2.70. The molecule has 0 aromatic carbocycles. The molecular formula is C20H30Cl2FN3O5. The molecule has 8 nitrogen and oxygen atoms in total. The van der Waals surface area contributed by atoms with Crippen LogP contribution in [0.15, 0.2) is 0 Å². The maximum absolute atomic E-state index is 13.7. The van der Waals surface area contributed by atoms with E-state index in [4.69, 9.17) is 32.8 Å². The maximum Gasteiger partial charge on any atom is 0.251 e. The topological polar surface area (TPSA) is 109 Å². The van der Waals surface area contributed by atoms with Gasteiger partial charge < -0.3 is 20.5 Å². The Bertz CT molecular complexity index is 694. The number of halogens is 3. The SMILES string of the molecule is O=C(COC1CCC(Cl)C(F)C1)NC12CCC(NC(=O)C3CC(Cl)NO3)(CC1)CC2O. The van der Waals surface area contributed by atoms with Crippen molar-refractivity contribution in [2.45, 2.75) is 104 Å². The summed E-state index contributed by atoms with van der Waals surface area (Å²) in [5.74, 6) is -0.563. The summed E-state index contributed by atoms with van der Waals surface area (Å²) >= 11 is 11.8. The van der Waals surface area contributed by atoms with Crippen molar-refractivity contribution in [2.75, 3.05) is 6.61 Å². The van der Waals surface area contributed by atoms with Crippen LogP contribution in [0.2, 0.25) is 0 Å². The minimum absolute atomic E-state index is 0.174. The summed E-state index contributed by atoms with van der Waals surface area (Å²) in [5.41, 5.74) is 0.936. The summed E-state index contributed by atoms with van der Waals surface area (Å²) in [7, 11) is 0. The lowest BCUT2D eigenvalue weighted by atomic mass is 9.60. The average Bonchev–Trinajstić information content (AvgIpc) is 3.17. The van der Waals surface area contributed by atoms with E-state index < -0.39 is 40.3 Å². The molecule has 31 heavy (non-hydrogen) atoms. The van der Waals surface area contributed by atoms with Crippen LogP contribution in [0.25, 0.3) is 0 Å². The number of ether oxygens (including phenoxy) is 1. The Morgan fingerprint density at radius 1 is 1.16 bits per heavy atom. The number of alkyl halides is 3. The number of amides is 2. The quantitative estimate of drug-likeness (QED) is 0.337. The molecule has 5 fully saturated rings. The summed E-state index contributed by atoms with van der Waals surface area (Å²) < 4.78 is 19.3. The molecule has 2 bridgehead atoms. The van der Waals surface area contributed by atoms with Gasteiger partial charge in [-0.2, -0.15) is 5.48 Å². The average molecular weight is 482 g/mol. The first-order chi connectivity index (χ1) is 14.7. The van der Waals surface area contributed by atoms with Crippen LogP contribution in [0, 0.1) is 0 Å². The highest BCUT2D eigenvalue weighted by molar-refractivity contribution is 6.21. The number of aliphatic hydroxyl groups is 1. The second-order valence-corrected chi connectivity index (χ2v) is 10.5. The minimum Gasteiger partial charge on any atom is -0.391 e. The van der Waals surface area contributed by atoms with Crippen molar-refractivity contribution in [2.24, 2.45) is 0 Å². The molecule has 6 unspecified atom stereocenters. The van der Waals surface area contributed by atoms with E-state index in [9.17, 15) is 19.1 Å². The van der Waals surface area contributed by atoms with Gasteiger partial charge >= 0.3 is 0 Å². The highest BCUT2D eigenvalue weighted by atomic mass is 35.5. The Balaban J connectivity index is 1.26. The van der Waals surface area contributed by atoms with Crippen molar-refractivity contribution in [3.8, 4) is 0 Å². The van der Waals surface area contributed by atoms with Gasteiger partial charge in [0.25, 0.3) is 5.91 Å². The summed E-state index contributed by atoms with van der Waals surface area (Å²) in [6, 6.07) is 0. The van der Waals surface area contributed by atoms with Gasteiger partial charge in [-0.25, -0.2) is 4.39 Å². The highest BCUT2D eigenvalue weighted by Gasteiger charge is 2.55. The summed E-state index contributed by atoms with van der Waals surface area (Å²) in [6.45, 7) is -0.174. The van der Waals surface area contributed by atoms with Crippen LogP contribution in [0.1, 0.15) is 57.8 Å². The molecule has 4 aliphatic carbocycles. The Morgan fingerprint density at radius 2 is 1.90 bits per heavy atom. The first-order valence-electron chi connectivity index (χ1n) is 11.0. The third-order valence-electron chi connectivity index (χ3n) is 7.24. The van der Waals surface area contributed by atoms with E-state index in [0.717, 1.165) is 0 Å². The van der Waals surface area contributed by atoms with Gasteiger partial charge in [0.15, 0.2) is 6.10 Å². The third kappa shape index (κ3) is 5.12. The smallest absolute Gasteiger partial charge is 0.251 e. The maximum atomic E-state index is 13.7. The van der Waals surface area contributed by atoms with Crippen LogP contribution in [-0.2, 0) is 19.2 Å². The first kappa shape index (κ1) is 23.4. The monoisotopic (exact) mass is 481 g/mol. The van der Waals surface area contributed by atoms with E-state index in [-0.39, 0.29) is 30.9 Å². The molecule has 0 spiro atoms. The normalized spacial score (nSPS) is 44.8. The molecule has 1 heterocycles. The summed E-state index contributed by atoms with van der Waals surface area (Å²) in [4.78, 5) is 30.3. The van der Waals surface area contributed by atoms with Gasteiger partial charge in [0.2, 0.25) is 5.91 Å². The van der Waals surface area contributed by atoms with Gasteiger partial charge in [0.1, 0.15) is 18.3 Å². The molecule has 176 valence electrons. The lowest BCUT2D eigenvalue weighted by molar-refractivity contribution is -0.144. The highest BCUT2D eigenvalue weighted by Crippen LogP contribution is 2.47. The fourth-order valence-electron chi connectivity index (χ4n) is 5.31. The van der Waals surface area contributed by atoms with Crippen molar-refractivity contribution in [1.29, 1.82) is 0 Å². The molecule has 2 amide bonds. The molecule has 1 saturated heterocycles. The zero-order chi connectivity index (χ0) is 22.2. The predicted octanol–water partition coefficient (Wildman–Crippen LogP) is 1.41. The van der Waals surface area contributed by atoms with Crippen molar-refractivity contribution >= 4 is 35.0 Å². The van der Waals surface area contributed by atoms with Crippen molar-refractivity contribution < 1.29 is 28.7 Å². The second-order valence-electron chi connectivity index (χ2n) is 9.40. The third-order valence-corrected chi connectivity index (χ3v) is 8.00. The van der Waals surface area contributed by atoms with E-state index in [1.165, 1.54) is 0 Å². The molecule has 1 aliphatic heterocycles. The van der Waals surface area contributed by atoms with Gasteiger partial charge in [-0.15, -0.1) is 23.2 Å². The van der Waals surface area contributed by atoms with E-state index in [0.29, 0.717) is 51.4 Å². The summed E-state index contributed by atoms with van der Waals surface area (Å²) in [5, 5.41) is 16.4. The number of fused-ring (bicyclic) bond motifs is 3. The van der Waals surface area contributed by atoms with E-state index in [2.05, 4.69) is 16.1 Å². The van der Waals surface area contributed by atoms with Crippen LogP contribution in [-0.4, -0.2) is 70.0 Å².